The van der Waals surface area contributed by atoms with Crippen LogP contribution in [0.4, 0.5) is 29.3 Å². The number of halogens is 4. The fourth-order valence-electron chi connectivity index (χ4n) is 11.5. The number of amides is 2. The molecule has 3 fully saturated rings. The maximum Gasteiger partial charge on any atom is 0.501 e. The van der Waals surface area contributed by atoms with E-state index in [2.05, 4.69) is 57.8 Å². The smallest absolute Gasteiger partial charge is 0.444 e. The molecule has 2 amide bonds. The summed E-state index contributed by atoms with van der Waals surface area (Å²) in [6.07, 6.45) is 3.83. The maximum absolute atomic E-state index is 14.3. The van der Waals surface area contributed by atoms with E-state index in [9.17, 15) is 39.6 Å². The minimum atomic E-state index is -6.09. The summed E-state index contributed by atoms with van der Waals surface area (Å²) in [6, 6.07) is 25.8. The van der Waals surface area contributed by atoms with E-state index in [0.717, 1.165) is 94.2 Å². The Bertz CT molecular complexity index is 3050. The van der Waals surface area contributed by atoms with Gasteiger partial charge in [0.25, 0.3) is 25.8 Å². The summed E-state index contributed by atoms with van der Waals surface area (Å²) in [5, 5.41) is 3.70. The lowest BCUT2D eigenvalue weighted by Crippen LogP contribution is -2.60. The van der Waals surface area contributed by atoms with Gasteiger partial charge in [0.2, 0.25) is 0 Å². The van der Waals surface area contributed by atoms with E-state index in [0.29, 0.717) is 62.7 Å². The van der Waals surface area contributed by atoms with Gasteiger partial charge in [-0.25, -0.2) is 26.4 Å². The first-order valence-electron chi connectivity index (χ1n) is 27.8. The molecule has 15 nitrogen and oxygen atoms in total. The Kier molecular flexibility index (Phi) is 20.2. The molecule has 4 aliphatic rings. The van der Waals surface area contributed by atoms with Crippen molar-refractivity contribution in [2.75, 3.05) is 101 Å². The molecule has 0 radical (unpaired) electrons. The Balaban J connectivity index is 0.910. The third kappa shape index (κ3) is 16.5. The van der Waals surface area contributed by atoms with Gasteiger partial charge in [-0.3, -0.25) is 14.6 Å². The van der Waals surface area contributed by atoms with Crippen LogP contribution in [0.5, 0.6) is 0 Å². The Hall–Kier alpha value is -4.87. The molecule has 0 bridgehead atoms. The molecular formula is C59H77ClF3N7O8S3. The molecule has 2 N–H and O–H groups in total. The van der Waals surface area contributed by atoms with Crippen LogP contribution in [-0.2, 0) is 29.3 Å². The number of sulfone groups is 1. The lowest BCUT2D eigenvalue weighted by Gasteiger charge is -2.48. The number of ether oxygens (including phenoxy) is 2. The lowest BCUT2D eigenvalue weighted by molar-refractivity contribution is -0.0436. The van der Waals surface area contributed by atoms with Gasteiger partial charge in [0.05, 0.1) is 17.2 Å². The minimum Gasteiger partial charge on any atom is -0.444 e. The number of rotatable bonds is 18. The zero-order chi connectivity index (χ0) is 58.3. The first kappa shape index (κ1) is 62.2. The average Bonchev–Trinajstić information content (AvgIpc) is 3.78. The van der Waals surface area contributed by atoms with Gasteiger partial charge < -0.3 is 29.5 Å². The molecule has 4 atom stereocenters. The first-order chi connectivity index (χ1) is 38.3. The highest BCUT2D eigenvalue weighted by atomic mass is 35.5. The largest absolute Gasteiger partial charge is 0.501 e. The Morgan fingerprint density at radius 2 is 1.52 bits per heavy atom. The first-order valence-corrected chi connectivity index (χ1v) is 32.1. The zero-order valence-corrected chi connectivity index (χ0v) is 50.3. The van der Waals surface area contributed by atoms with E-state index < -0.39 is 58.4 Å². The van der Waals surface area contributed by atoms with E-state index >= 15 is 0 Å². The van der Waals surface area contributed by atoms with Gasteiger partial charge in [-0.05, 0) is 150 Å². The summed E-state index contributed by atoms with van der Waals surface area (Å²) in [6.45, 7) is 21.5. The highest BCUT2D eigenvalue weighted by Crippen LogP contribution is 2.45. The van der Waals surface area contributed by atoms with Crippen molar-refractivity contribution >= 4 is 72.2 Å². The Labute approximate surface area is 485 Å². The van der Waals surface area contributed by atoms with Gasteiger partial charge >= 0.3 is 11.6 Å². The van der Waals surface area contributed by atoms with E-state index in [1.54, 1.807) is 12.1 Å². The summed E-state index contributed by atoms with van der Waals surface area (Å²) in [7, 11) is -11.0. The molecule has 0 aromatic heterocycles. The standard InChI is InChI=1S/C59H77ClF3N7O8S3/c1-42-37-68(38-43(2)70(42)56(72)78-57(3,4)5)41-58(6)25-23-52(44-13-17-47(60)18-14-44)46(36-58)39-67-28-30-69(31-29-67)49-19-15-45(16-20-49)55(71)65-81(75,76)51-21-22-53(54(35-51)80(73,74)59(61,62)63)64-48(40-79-50-11-8-7-9-12-50)24-27-66-26-10-33-77-34-32-66/h7-9,11-22,35,42-43,48,64H,10,23-34,36-41H2,1-6H3,(H,65,71)/t42?,43?,48?,58-/m1/s1. The molecule has 3 heterocycles. The number of hydrogen-bond acceptors (Lipinski definition) is 14. The number of carbonyl (C=O) groups is 2. The topological polar surface area (TPSA) is 161 Å². The second kappa shape index (κ2) is 26.4. The summed E-state index contributed by atoms with van der Waals surface area (Å²) < 4.78 is 110. The van der Waals surface area contributed by atoms with Crippen LogP contribution in [0, 0.1) is 5.41 Å². The van der Waals surface area contributed by atoms with Crippen molar-refractivity contribution in [2.24, 2.45) is 5.41 Å². The van der Waals surface area contributed by atoms with Crippen molar-refractivity contribution in [2.45, 2.75) is 118 Å². The van der Waals surface area contributed by atoms with Crippen molar-refractivity contribution < 1.29 is 49.1 Å². The number of thioether (sulfide) groups is 1. The van der Waals surface area contributed by atoms with Crippen LogP contribution in [-0.4, -0.2) is 169 Å². The number of piperazine rings is 2. The van der Waals surface area contributed by atoms with E-state index in [1.807, 2.05) is 72.9 Å². The SMILES string of the molecule is CC1CN(C[C@]2(C)CCC(c3ccc(Cl)cc3)=C(CN3CCN(c4ccc(C(=O)NS(=O)(=O)c5ccc(NC(CCN6CCCOCC6)CSc6ccccc6)c(S(=O)(=O)C(F)(F)F)c5)cc4)CC3)C2)CC(C)N1C(=O)OC(C)(C)C. The van der Waals surface area contributed by atoms with Crippen LogP contribution in [0.2, 0.25) is 5.02 Å². The average molecular weight is 1200 g/mol. The highest BCUT2D eigenvalue weighted by Gasteiger charge is 2.49. The minimum absolute atomic E-state index is 0.0000985. The molecule has 4 aromatic carbocycles. The number of anilines is 2. The number of nitrogens with one attached hydrogen (secondary N) is 2. The Morgan fingerprint density at radius 1 is 0.840 bits per heavy atom. The van der Waals surface area contributed by atoms with Gasteiger partial charge in [0, 0.05) is 124 Å². The van der Waals surface area contributed by atoms with E-state index in [4.69, 9.17) is 21.1 Å². The predicted molar refractivity (Wildman–Crippen MR) is 314 cm³/mol. The van der Waals surface area contributed by atoms with E-state index in [-0.39, 0.29) is 29.2 Å². The summed E-state index contributed by atoms with van der Waals surface area (Å²) in [5.74, 6) is -0.682. The number of allylic oxidation sites excluding steroid dienone is 1. The van der Waals surface area contributed by atoms with Crippen molar-refractivity contribution in [1.82, 2.24) is 24.3 Å². The molecule has 442 valence electrons. The van der Waals surface area contributed by atoms with Crippen molar-refractivity contribution in [3.8, 4) is 0 Å². The van der Waals surface area contributed by atoms with Gasteiger partial charge in [-0.15, -0.1) is 11.8 Å². The van der Waals surface area contributed by atoms with Crippen molar-refractivity contribution in [3.63, 3.8) is 0 Å². The summed E-state index contributed by atoms with van der Waals surface area (Å²) in [5.41, 5.74) is -2.01. The molecule has 22 heteroatoms. The van der Waals surface area contributed by atoms with Crippen LogP contribution in [0.25, 0.3) is 5.57 Å². The molecule has 4 aromatic rings. The third-order valence-corrected chi connectivity index (χ3v) is 19.8. The molecule has 3 unspecified atom stereocenters. The second-order valence-corrected chi connectivity index (χ2v) is 28.4. The highest BCUT2D eigenvalue weighted by molar-refractivity contribution is 7.99. The fourth-order valence-corrected chi connectivity index (χ4v) is 14.6. The van der Waals surface area contributed by atoms with Crippen LogP contribution < -0.4 is 14.9 Å². The molecular weight excluding hydrogens is 1120 g/mol. The van der Waals surface area contributed by atoms with E-state index in [1.165, 1.54) is 40.6 Å². The normalized spacial score (nSPS) is 21.8. The molecule has 3 saturated heterocycles. The lowest BCUT2D eigenvalue weighted by atomic mass is 9.71. The number of nitrogens with zero attached hydrogens (tertiary/aromatic N) is 5. The molecule has 1 aliphatic carbocycles. The third-order valence-electron chi connectivity index (χ3n) is 15.5. The number of alkyl halides is 3. The van der Waals surface area contributed by atoms with Crippen molar-refractivity contribution in [1.29, 1.82) is 0 Å². The number of carbonyl (C=O) groups excluding carboxylic acids is 2. The van der Waals surface area contributed by atoms with Crippen LogP contribution in [0.3, 0.4) is 0 Å². The molecule has 8 rings (SSSR count). The number of benzene rings is 4. The fraction of sp³-hybridized carbons (Fsp3) is 0.525. The number of hydrogen-bond donors (Lipinski definition) is 2. The van der Waals surface area contributed by atoms with Gasteiger partial charge in [-0.2, -0.15) is 13.2 Å². The summed E-state index contributed by atoms with van der Waals surface area (Å²) in [4.78, 5) is 36.8. The number of sulfonamides is 1. The van der Waals surface area contributed by atoms with Crippen LogP contribution >= 0.6 is 23.4 Å². The van der Waals surface area contributed by atoms with Crippen LogP contribution in [0.1, 0.15) is 89.6 Å². The Morgan fingerprint density at radius 3 is 2.17 bits per heavy atom. The monoisotopic (exact) mass is 1200 g/mol. The molecule has 81 heavy (non-hydrogen) atoms. The second-order valence-electron chi connectivity index (χ2n) is 23.3. The predicted octanol–water partition coefficient (Wildman–Crippen LogP) is 10.5. The van der Waals surface area contributed by atoms with Gasteiger partial charge in [0.1, 0.15) is 10.5 Å². The zero-order valence-electron chi connectivity index (χ0n) is 47.1. The quantitative estimate of drug-likeness (QED) is 0.0906. The maximum atomic E-state index is 14.3. The molecule has 3 aliphatic heterocycles. The van der Waals surface area contributed by atoms with Crippen LogP contribution in [0.15, 0.2) is 117 Å². The summed E-state index contributed by atoms with van der Waals surface area (Å²) >= 11 is 7.79. The van der Waals surface area contributed by atoms with Gasteiger partial charge in [0.15, 0.2) is 0 Å². The van der Waals surface area contributed by atoms with Crippen molar-refractivity contribution in [3.05, 3.63) is 119 Å². The molecule has 0 spiro atoms. The molecule has 0 saturated carbocycles. The van der Waals surface area contributed by atoms with Gasteiger partial charge in [-0.1, -0.05) is 54.4 Å².